The van der Waals surface area contributed by atoms with Crippen LogP contribution < -0.4 is 10.2 Å². The van der Waals surface area contributed by atoms with Crippen LogP contribution in [0.3, 0.4) is 0 Å². The number of fused-ring (bicyclic) bond motifs is 1. The predicted molar refractivity (Wildman–Crippen MR) is 85.8 cm³/mol. The Bertz CT molecular complexity index is 601. The fraction of sp³-hybridized carbons (Fsp3) is 0.600. The molecule has 1 aliphatic heterocycles. The van der Waals surface area contributed by atoms with Gasteiger partial charge in [-0.15, -0.1) is 11.3 Å². The molecule has 0 amide bonds. The highest BCUT2D eigenvalue weighted by Crippen LogP contribution is 2.34. The van der Waals surface area contributed by atoms with Gasteiger partial charge >= 0.3 is 0 Å². The van der Waals surface area contributed by atoms with Gasteiger partial charge in [-0.05, 0) is 45.7 Å². The van der Waals surface area contributed by atoms with Crippen LogP contribution in [0.5, 0.6) is 0 Å². The minimum Gasteiger partial charge on any atom is -0.355 e. The molecule has 1 aliphatic rings. The first-order chi connectivity index (χ1) is 9.70. The summed E-state index contributed by atoms with van der Waals surface area (Å²) >= 11 is 1.77. The minimum absolute atomic E-state index is 0.597. The molecule has 5 heteroatoms. The summed E-state index contributed by atoms with van der Waals surface area (Å²) in [5.41, 5.74) is 1.33. The molecule has 0 aromatic carbocycles. The highest BCUT2D eigenvalue weighted by atomic mass is 32.1. The number of aromatic nitrogens is 2. The number of thiophene rings is 1. The molecule has 20 heavy (non-hydrogen) atoms. The Balaban J connectivity index is 1.98. The standard InChI is InChI=1S/C15H22N4S/c1-4-19(8-12-6-5-7-16-12)14-13-10(2)11(3)20-15(13)18-9-17-14/h9,12,16H,4-8H2,1-3H3. The van der Waals surface area contributed by atoms with Crippen LogP contribution in [0, 0.1) is 13.8 Å². The zero-order valence-corrected chi connectivity index (χ0v) is 13.3. The van der Waals surface area contributed by atoms with Gasteiger partial charge in [-0.2, -0.15) is 0 Å². The average molecular weight is 290 g/mol. The van der Waals surface area contributed by atoms with E-state index in [2.05, 4.69) is 41.0 Å². The van der Waals surface area contributed by atoms with Crippen LogP contribution in [0.25, 0.3) is 10.2 Å². The molecule has 1 N–H and O–H groups in total. The van der Waals surface area contributed by atoms with E-state index < -0.39 is 0 Å². The lowest BCUT2D eigenvalue weighted by atomic mass is 10.1. The Hall–Kier alpha value is -1.20. The van der Waals surface area contributed by atoms with Crippen molar-refractivity contribution in [3.63, 3.8) is 0 Å². The molecule has 2 aromatic heterocycles. The molecule has 0 radical (unpaired) electrons. The molecular weight excluding hydrogens is 268 g/mol. The van der Waals surface area contributed by atoms with Gasteiger partial charge < -0.3 is 10.2 Å². The van der Waals surface area contributed by atoms with E-state index >= 15 is 0 Å². The molecule has 0 spiro atoms. The van der Waals surface area contributed by atoms with Crippen LogP contribution in [-0.4, -0.2) is 35.6 Å². The highest BCUT2D eigenvalue weighted by molar-refractivity contribution is 7.18. The second-order valence-corrected chi connectivity index (χ2v) is 6.70. The highest BCUT2D eigenvalue weighted by Gasteiger charge is 2.21. The molecule has 1 fully saturated rings. The van der Waals surface area contributed by atoms with Gasteiger partial charge in [0, 0.05) is 24.0 Å². The largest absolute Gasteiger partial charge is 0.355 e. The van der Waals surface area contributed by atoms with Gasteiger partial charge in [-0.3, -0.25) is 0 Å². The van der Waals surface area contributed by atoms with E-state index in [0.717, 1.165) is 30.3 Å². The van der Waals surface area contributed by atoms with Crippen molar-refractivity contribution in [1.29, 1.82) is 0 Å². The molecule has 0 aliphatic carbocycles. The Morgan fingerprint density at radius 1 is 1.40 bits per heavy atom. The third-order valence-electron chi connectivity index (χ3n) is 4.23. The Kier molecular flexibility index (Phi) is 3.89. The molecule has 3 rings (SSSR count). The lowest BCUT2D eigenvalue weighted by Gasteiger charge is -2.26. The molecule has 4 nitrogen and oxygen atoms in total. The summed E-state index contributed by atoms with van der Waals surface area (Å²) in [6, 6.07) is 0.597. The maximum Gasteiger partial charge on any atom is 0.141 e. The number of likely N-dealkylation sites (N-methyl/N-ethyl adjacent to an activating group) is 1. The smallest absolute Gasteiger partial charge is 0.141 e. The number of anilines is 1. The Morgan fingerprint density at radius 3 is 2.95 bits per heavy atom. The first kappa shape index (κ1) is 13.8. The summed E-state index contributed by atoms with van der Waals surface area (Å²) < 4.78 is 0. The molecular formula is C15H22N4S. The number of nitrogens with one attached hydrogen (secondary N) is 1. The maximum atomic E-state index is 4.59. The Morgan fingerprint density at radius 2 is 2.25 bits per heavy atom. The van der Waals surface area contributed by atoms with Crippen LogP contribution in [-0.2, 0) is 0 Å². The van der Waals surface area contributed by atoms with Crippen LogP contribution in [0.1, 0.15) is 30.2 Å². The van der Waals surface area contributed by atoms with Crippen molar-refractivity contribution in [3.05, 3.63) is 16.8 Å². The average Bonchev–Trinajstić information content (AvgIpc) is 3.05. The van der Waals surface area contributed by atoms with Crippen molar-refractivity contribution in [2.75, 3.05) is 24.5 Å². The quantitative estimate of drug-likeness (QED) is 0.940. The molecule has 1 atom stereocenters. The summed E-state index contributed by atoms with van der Waals surface area (Å²) in [6.45, 7) is 9.73. The van der Waals surface area contributed by atoms with Crippen LogP contribution in [0.2, 0.25) is 0 Å². The van der Waals surface area contributed by atoms with Crippen molar-refractivity contribution in [2.24, 2.45) is 0 Å². The normalized spacial score (nSPS) is 18.9. The number of rotatable bonds is 4. The number of aryl methyl sites for hydroxylation is 2. The number of hydrogen-bond donors (Lipinski definition) is 1. The van der Waals surface area contributed by atoms with Crippen molar-refractivity contribution in [1.82, 2.24) is 15.3 Å². The molecule has 0 saturated carbocycles. The van der Waals surface area contributed by atoms with Crippen molar-refractivity contribution in [2.45, 2.75) is 39.7 Å². The zero-order valence-electron chi connectivity index (χ0n) is 12.4. The van der Waals surface area contributed by atoms with Gasteiger partial charge in [0.1, 0.15) is 17.0 Å². The Labute approximate surface area is 124 Å². The third kappa shape index (κ3) is 2.40. The molecule has 3 heterocycles. The molecule has 108 valence electrons. The summed E-state index contributed by atoms with van der Waals surface area (Å²) in [6.07, 6.45) is 4.27. The maximum absolute atomic E-state index is 4.59. The predicted octanol–water partition coefficient (Wildman–Crippen LogP) is 2.89. The van der Waals surface area contributed by atoms with Gasteiger partial charge in [0.05, 0.1) is 5.39 Å². The van der Waals surface area contributed by atoms with Gasteiger partial charge in [-0.25, -0.2) is 9.97 Å². The first-order valence-corrected chi connectivity index (χ1v) is 8.21. The fourth-order valence-corrected chi connectivity index (χ4v) is 3.94. The molecule has 0 bridgehead atoms. The van der Waals surface area contributed by atoms with E-state index in [-0.39, 0.29) is 0 Å². The number of nitrogens with zero attached hydrogens (tertiary/aromatic N) is 3. The second-order valence-electron chi connectivity index (χ2n) is 5.49. The van der Waals surface area contributed by atoms with Crippen molar-refractivity contribution >= 4 is 27.4 Å². The summed E-state index contributed by atoms with van der Waals surface area (Å²) in [5.74, 6) is 1.10. The van der Waals surface area contributed by atoms with Crippen LogP contribution in [0.15, 0.2) is 6.33 Å². The van der Waals surface area contributed by atoms with E-state index in [4.69, 9.17) is 0 Å². The molecule has 1 unspecified atom stereocenters. The fourth-order valence-electron chi connectivity index (χ4n) is 2.95. The summed E-state index contributed by atoms with van der Waals surface area (Å²) in [4.78, 5) is 13.9. The van der Waals surface area contributed by atoms with Gasteiger partial charge in [-0.1, -0.05) is 0 Å². The molecule has 1 saturated heterocycles. The van der Waals surface area contributed by atoms with Gasteiger partial charge in [0.15, 0.2) is 0 Å². The zero-order chi connectivity index (χ0) is 14.1. The SMILES string of the molecule is CCN(CC1CCCN1)c1ncnc2sc(C)c(C)c12. The lowest BCUT2D eigenvalue weighted by molar-refractivity contribution is 0.584. The minimum atomic E-state index is 0.597. The lowest BCUT2D eigenvalue weighted by Crippen LogP contribution is -2.38. The van der Waals surface area contributed by atoms with E-state index in [1.165, 1.54) is 28.7 Å². The summed E-state index contributed by atoms with van der Waals surface area (Å²) in [5, 5.41) is 4.82. The van der Waals surface area contributed by atoms with E-state index in [1.807, 2.05) is 0 Å². The van der Waals surface area contributed by atoms with Gasteiger partial charge in [0.25, 0.3) is 0 Å². The van der Waals surface area contributed by atoms with Crippen molar-refractivity contribution < 1.29 is 0 Å². The first-order valence-electron chi connectivity index (χ1n) is 7.39. The van der Waals surface area contributed by atoms with Crippen LogP contribution in [0.4, 0.5) is 5.82 Å². The van der Waals surface area contributed by atoms with Crippen molar-refractivity contribution in [3.8, 4) is 0 Å². The monoisotopic (exact) mass is 290 g/mol. The summed E-state index contributed by atoms with van der Waals surface area (Å²) in [7, 11) is 0. The topological polar surface area (TPSA) is 41.0 Å². The van der Waals surface area contributed by atoms with Crippen LogP contribution >= 0.6 is 11.3 Å². The van der Waals surface area contributed by atoms with E-state index in [1.54, 1.807) is 17.7 Å². The van der Waals surface area contributed by atoms with Gasteiger partial charge in [0.2, 0.25) is 0 Å². The third-order valence-corrected chi connectivity index (χ3v) is 5.35. The number of hydrogen-bond acceptors (Lipinski definition) is 5. The molecule has 2 aromatic rings. The van der Waals surface area contributed by atoms with E-state index in [9.17, 15) is 0 Å². The second kappa shape index (κ2) is 5.66. The van der Waals surface area contributed by atoms with E-state index in [0.29, 0.717) is 6.04 Å².